The van der Waals surface area contributed by atoms with Crippen LogP contribution >= 0.6 is 0 Å². The fraction of sp³-hybridized carbons (Fsp3) is 0.800. The van der Waals surface area contributed by atoms with Crippen molar-refractivity contribution in [1.29, 1.82) is 0 Å². The Labute approximate surface area is 151 Å². The van der Waals surface area contributed by atoms with Crippen LogP contribution in [-0.2, 0) is 9.53 Å². The summed E-state index contributed by atoms with van der Waals surface area (Å²) in [7, 11) is 0. The Bertz CT molecular complexity index is 530. The molecule has 2 heterocycles. The van der Waals surface area contributed by atoms with Gasteiger partial charge in [0.1, 0.15) is 5.60 Å². The Morgan fingerprint density at radius 1 is 1.04 bits per heavy atom. The molecule has 2 aliphatic heterocycles. The SMILES string of the molecule is CC(C)(C)OC(=O)N1CCC(C2CCCCN2C(=O)C2CC=CC2)C1. The van der Waals surface area contributed by atoms with E-state index in [2.05, 4.69) is 17.1 Å². The summed E-state index contributed by atoms with van der Waals surface area (Å²) in [6.45, 7) is 8.03. The van der Waals surface area contributed by atoms with Crippen LogP contribution < -0.4 is 0 Å². The molecule has 0 radical (unpaired) electrons. The summed E-state index contributed by atoms with van der Waals surface area (Å²) < 4.78 is 5.51. The third kappa shape index (κ3) is 4.36. The number of hydrogen-bond donors (Lipinski definition) is 0. The molecule has 2 atom stereocenters. The number of piperidine rings is 1. The standard InChI is InChI=1S/C20H32N2O3/c1-20(2,3)25-19(24)21-13-11-16(14-21)17-10-6-7-12-22(17)18(23)15-8-4-5-9-15/h4-5,15-17H,6-14H2,1-3H3. The molecule has 0 bridgehead atoms. The van der Waals surface area contributed by atoms with Gasteiger partial charge < -0.3 is 14.5 Å². The van der Waals surface area contributed by atoms with Crippen LogP contribution in [-0.4, -0.2) is 53.1 Å². The highest BCUT2D eigenvalue weighted by Crippen LogP contribution is 2.33. The van der Waals surface area contributed by atoms with Gasteiger partial charge in [-0.3, -0.25) is 4.79 Å². The van der Waals surface area contributed by atoms with Crippen LogP contribution in [0.3, 0.4) is 0 Å². The molecular formula is C20H32N2O3. The number of carbonyl (C=O) groups is 2. The maximum Gasteiger partial charge on any atom is 0.410 e. The molecule has 0 spiro atoms. The second-order valence-electron chi connectivity index (χ2n) is 8.71. The highest BCUT2D eigenvalue weighted by Gasteiger charge is 2.40. The maximum atomic E-state index is 13.0. The van der Waals surface area contributed by atoms with Crippen LogP contribution in [0, 0.1) is 11.8 Å². The number of rotatable bonds is 2. The van der Waals surface area contributed by atoms with Crippen LogP contribution in [0.1, 0.15) is 59.3 Å². The van der Waals surface area contributed by atoms with Crippen molar-refractivity contribution in [3.05, 3.63) is 12.2 Å². The van der Waals surface area contributed by atoms with E-state index < -0.39 is 5.60 Å². The van der Waals surface area contributed by atoms with Crippen molar-refractivity contribution in [2.24, 2.45) is 11.8 Å². The van der Waals surface area contributed by atoms with E-state index in [1.54, 1.807) is 0 Å². The summed E-state index contributed by atoms with van der Waals surface area (Å²) in [5.74, 6) is 0.848. The minimum atomic E-state index is -0.461. The van der Waals surface area contributed by atoms with Gasteiger partial charge in [0.25, 0.3) is 0 Å². The van der Waals surface area contributed by atoms with Crippen LogP contribution in [0.5, 0.6) is 0 Å². The molecule has 5 heteroatoms. The molecule has 3 aliphatic rings. The van der Waals surface area contributed by atoms with Gasteiger partial charge in [0.05, 0.1) is 0 Å². The minimum Gasteiger partial charge on any atom is -0.444 e. The number of amides is 2. The van der Waals surface area contributed by atoms with Gasteiger partial charge in [-0.2, -0.15) is 0 Å². The zero-order chi connectivity index (χ0) is 18.0. The summed E-state index contributed by atoms with van der Waals surface area (Å²) in [4.78, 5) is 29.2. The van der Waals surface area contributed by atoms with Gasteiger partial charge >= 0.3 is 6.09 Å². The van der Waals surface area contributed by atoms with Crippen LogP contribution in [0.25, 0.3) is 0 Å². The fourth-order valence-corrected chi connectivity index (χ4v) is 4.37. The van der Waals surface area contributed by atoms with E-state index in [1.165, 1.54) is 6.42 Å². The lowest BCUT2D eigenvalue weighted by atomic mass is 9.88. The Hall–Kier alpha value is -1.52. The number of likely N-dealkylation sites (tertiary alicyclic amines) is 2. The number of nitrogens with zero attached hydrogens (tertiary/aromatic N) is 2. The largest absolute Gasteiger partial charge is 0.444 e. The molecule has 0 aromatic rings. The summed E-state index contributed by atoms with van der Waals surface area (Å²) in [6, 6.07) is 0.286. The van der Waals surface area contributed by atoms with Gasteiger partial charge in [0, 0.05) is 31.6 Å². The summed E-state index contributed by atoms with van der Waals surface area (Å²) >= 11 is 0. The molecule has 2 fully saturated rings. The van der Waals surface area contributed by atoms with Crippen molar-refractivity contribution in [2.75, 3.05) is 19.6 Å². The van der Waals surface area contributed by atoms with Crippen molar-refractivity contribution >= 4 is 12.0 Å². The quantitative estimate of drug-likeness (QED) is 0.717. The second-order valence-corrected chi connectivity index (χ2v) is 8.71. The normalized spacial score (nSPS) is 27.8. The van der Waals surface area contributed by atoms with Gasteiger partial charge in [-0.25, -0.2) is 4.79 Å². The van der Waals surface area contributed by atoms with Crippen molar-refractivity contribution in [2.45, 2.75) is 70.9 Å². The van der Waals surface area contributed by atoms with Crippen molar-refractivity contribution in [1.82, 2.24) is 9.80 Å². The number of ether oxygens (including phenoxy) is 1. The third-order valence-electron chi connectivity index (χ3n) is 5.61. The molecule has 140 valence electrons. The Morgan fingerprint density at radius 2 is 1.76 bits per heavy atom. The molecule has 25 heavy (non-hydrogen) atoms. The maximum absolute atomic E-state index is 13.0. The lowest BCUT2D eigenvalue weighted by Gasteiger charge is -2.40. The van der Waals surface area contributed by atoms with E-state index in [1.807, 2.05) is 25.7 Å². The molecule has 5 nitrogen and oxygen atoms in total. The first-order chi connectivity index (χ1) is 11.8. The lowest BCUT2D eigenvalue weighted by Crippen LogP contribution is -2.50. The summed E-state index contributed by atoms with van der Waals surface area (Å²) in [6.07, 6.45) is 10.1. The predicted molar refractivity (Wildman–Crippen MR) is 97.1 cm³/mol. The third-order valence-corrected chi connectivity index (χ3v) is 5.61. The molecule has 2 amide bonds. The zero-order valence-electron chi connectivity index (χ0n) is 15.9. The Morgan fingerprint density at radius 3 is 2.44 bits per heavy atom. The van der Waals surface area contributed by atoms with E-state index in [0.29, 0.717) is 18.4 Å². The van der Waals surface area contributed by atoms with Crippen LogP contribution in [0.4, 0.5) is 4.79 Å². The van der Waals surface area contributed by atoms with Gasteiger partial charge in [0.2, 0.25) is 5.91 Å². The predicted octanol–water partition coefficient (Wildman–Crippen LogP) is 3.59. The molecule has 2 saturated heterocycles. The number of allylic oxidation sites excluding steroid dienone is 2. The molecule has 2 unspecified atom stereocenters. The van der Waals surface area contributed by atoms with Gasteiger partial charge in [-0.05, 0) is 65.2 Å². The first-order valence-corrected chi connectivity index (χ1v) is 9.78. The highest BCUT2D eigenvalue weighted by molar-refractivity contribution is 5.80. The smallest absolute Gasteiger partial charge is 0.410 e. The molecule has 0 aromatic carbocycles. The zero-order valence-corrected chi connectivity index (χ0v) is 15.9. The lowest BCUT2D eigenvalue weighted by molar-refractivity contribution is -0.140. The first kappa shape index (κ1) is 18.3. The monoisotopic (exact) mass is 348 g/mol. The molecule has 0 N–H and O–H groups in total. The Kier molecular flexibility index (Phi) is 5.40. The van der Waals surface area contributed by atoms with Gasteiger partial charge in [0.15, 0.2) is 0 Å². The summed E-state index contributed by atoms with van der Waals surface area (Å²) in [5, 5.41) is 0. The van der Waals surface area contributed by atoms with Crippen molar-refractivity contribution in [3.63, 3.8) is 0 Å². The second kappa shape index (κ2) is 7.38. The molecular weight excluding hydrogens is 316 g/mol. The van der Waals surface area contributed by atoms with Crippen molar-refractivity contribution in [3.8, 4) is 0 Å². The Balaban J connectivity index is 1.61. The number of hydrogen-bond acceptors (Lipinski definition) is 3. The van der Waals surface area contributed by atoms with E-state index >= 15 is 0 Å². The minimum absolute atomic E-state index is 0.143. The molecule has 3 rings (SSSR count). The molecule has 0 aromatic heterocycles. The molecule has 0 saturated carbocycles. The van der Waals surface area contributed by atoms with E-state index in [4.69, 9.17) is 4.74 Å². The van der Waals surface area contributed by atoms with Gasteiger partial charge in [-0.1, -0.05) is 12.2 Å². The first-order valence-electron chi connectivity index (χ1n) is 9.78. The fourth-order valence-electron chi connectivity index (χ4n) is 4.37. The topological polar surface area (TPSA) is 49.9 Å². The average molecular weight is 348 g/mol. The average Bonchev–Trinajstić information content (AvgIpc) is 3.24. The van der Waals surface area contributed by atoms with Crippen LogP contribution in [0.15, 0.2) is 12.2 Å². The summed E-state index contributed by atoms with van der Waals surface area (Å²) in [5.41, 5.74) is -0.461. The van der Waals surface area contributed by atoms with Crippen LogP contribution in [0.2, 0.25) is 0 Å². The molecule has 1 aliphatic carbocycles. The van der Waals surface area contributed by atoms with Crippen molar-refractivity contribution < 1.29 is 14.3 Å². The van der Waals surface area contributed by atoms with Gasteiger partial charge in [-0.15, -0.1) is 0 Å². The number of carbonyl (C=O) groups excluding carboxylic acids is 2. The van der Waals surface area contributed by atoms with E-state index in [-0.39, 0.29) is 18.1 Å². The van der Waals surface area contributed by atoms with E-state index in [0.717, 1.165) is 45.2 Å². The highest BCUT2D eigenvalue weighted by atomic mass is 16.6. The van der Waals surface area contributed by atoms with E-state index in [9.17, 15) is 9.59 Å².